The molecule has 0 spiro atoms. The van der Waals surface area contributed by atoms with Gasteiger partial charge in [-0.25, -0.2) is 0 Å². The van der Waals surface area contributed by atoms with Crippen molar-refractivity contribution in [3.05, 3.63) is 11.6 Å². The minimum absolute atomic E-state index is 0.0567. The van der Waals surface area contributed by atoms with E-state index in [2.05, 4.69) is 26.8 Å². The smallest absolute Gasteiger partial charge is 0.157 e. The number of nitriles is 1. The van der Waals surface area contributed by atoms with Crippen LogP contribution >= 0.6 is 0 Å². The molecule has 2 heteroatoms. The zero-order valence-corrected chi connectivity index (χ0v) is 11.3. The Labute approximate surface area is 104 Å². The van der Waals surface area contributed by atoms with Crippen molar-refractivity contribution in [2.45, 2.75) is 53.4 Å². The molecule has 0 aromatic rings. The van der Waals surface area contributed by atoms with Gasteiger partial charge in [-0.2, -0.15) is 5.26 Å². The number of fused-ring (bicyclic) bond motifs is 1. The van der Waals surface area contributed by atoms with Gasteiger partial charge < -0.3 is 0 Å². The van der Waals surface area contributed by atoms with Crippen LogP contribution in [0.15, 0.2) is 11.6 Å². The number of ketones is 1. The molecular weight excluding hydrogens is 210 g/mol. The molecule has 1 fully saturated rings. The molecule has 0 amide bonds. The van der Waals surface area contributed by atoms with Crippen LogP contribution in [0, 0.1) is 27.6 Å². The van der Waals surface area contributed by atoms with E-state index in [1.165, 1.54) is 5.57 Å². The first-order valence-electron chi connectivity index (χ1n) is 6.42. The Hall–Kier alpha value is -1.10. The van der Waals surface area contributed by atoms with E-state index in [-0.39, 0.29) is 16.6 Å². The lowest BCUT2D eigenvalue weighted by atomic mass is 9.48. The molecule has 0 aromatic carbocycles. The van der Waals surface area contributed by atoms with Gasteiger partial charge in [0, 0.05) is 11.8 Å². The van der Waals surface area contributed by atoms with E-state index >= 15 is 0 Å². The SMILES string of the molecule is CC1(C)CCCC2(C)C1=CC(=O)CC2(C)C#N. The monoisotopic (exact) mass is 231 g/mol. The Bertz CT molecular complexity index is 440. The molecule has 2 aliphatic rings. The van der Waals surface area contributed by atoms with E-state index in [1.807, 2.05) is 13.0 Å². The molecule has 17 heavy (non-hydrogen) atoms. The second-order valence-corrected chi connectivity index (χ2v) is 6.71. The molecule has 0 saturated heterocycles. The van der Waals surface area contributed by atoms with E-state index in [0.717, 1.165) is 19.3 Å². The maximum Gasteiger partial charge on any atom is 0.157 e. The highest BCUT2D eigenvalue weighted by molar-refractivity contribution is 5.93. The number of carbonyl (C=O) groups excluding carboxylic acids is 1. The fourth-order valence-electron chi connectivity index (χ4n) is 3.75. The summed E-state index contributed by atoms with van der Waals surface area (Å²) in [6, 6.07) is 2.43. The molecule has 0 aliphatic heterocycles. The highest BCUT2D eigenvalue weighted by Gasteiger charge is 2.55. The predicted molar refractivity (Wildman–Crippen MR) is 67.2 cm³/mol. The first-order chi connectivity index (χ1) is 7.75. The summed E-state index contributed by atoms with van der Waals surface area (Å²) in [4.78, 5) is 11.9. The van der Waals surface area contributed by atoms with Crippen LogP contribution in [0.25, 0.3) is 0 Å². The summed E-state index contributed by atoms with van der Waals surface area (Å²) in [5, 5.41) is 9.51. The normalized spacial score (nSPS) is 40.2. The molecule has 0 bridgehead atoms. The molecule has 0 radical (unpaired) electrons. The lowest BCUT2D eigenvalue weighted by Crippen LogP contribution is -2.48. The number of hydrogen-bond donors (Lipinski definition) is 0. The highest BCUT2D eigenvalue weighted by Crippen LogP contribution is 2.61. The van der Waals surface area contributed by atoms with Gasteiger partial charge in [0.1, 0.15) is 0 Å². The summed E-state index contributed by atoms with van der Waals surface area (Å²) in [5.74, 6) is 0.122. The number of rotatable bonds is 0. The summed E-state index contributed by atoms with van der Waals surface area (Å²) in [5.41, 5.74) is 0.598. The van der Waals surface area contributed by atoms with Gasteiger partial charge in [0.2, 0.25) is 0 Å². The van der Waals surface area contributed by atoms with Gasteiger partial charge in [-0.3, -0.25) is 4.79 Å². The second kappa shape index (κ2) is 3.45. The minimum Gasteiger partial charge on any atom is -0.295 e. The van der Waals surface area contributed by atoms with Crippen LogP contribution in [-0.2, 0) is 4.79 Å². The van der Waals surface area contributed by atoms with Crippen LogP contribution in [0.1, 0.15) is 53.4 Å². The quantitative estimate of drug-likeness (QED) is 0.638. The Morgan fingerprint density at radius 1 is 1.24 bits per heavy atom. The first-order valence-corrected chi connectivity index (χ1v) is 6.42. The fraction of sp³-hybridized carbons (Fsp3) is 0.733. The maximum atomic E-state index is 11.9. The van der Waals surface area contributed by atoms with Gasteiger partial charge in [0.05, 0.1) is 11.5 Å². The standard InChI is InChI=1S/C15H21NO/c1-13(2)6-5-7-15(4)12(13)8-11(17)9-14(15,3)10-16/h8H,5-7,9H2,1-4H3. The summed E-state index contributed by atoms with van der Waals surface area (Å²) in [6.07, 6.45) is 5.49. The van der Waals surface area contributed by atoms with Crippen molar-refractivity contribution in [3.8, 4) is 6.07 Å². The van der Waals surface area contributed by atoms with E-state index in [9.17, 15) is 10.1 Å². The first kappa shape index (κ1) is 12.4. The topological polar surface area (TPSA) is 40.9 Å². The van der Waals surface area contributed by atoms with Crippen molar-refractivity contribution in [1.82, 2.24) is 0 Å². The third-order valence-corrected chi connectivity index (χ3v) is 5.10. The third-order valence-electron chi connectivity index (χ3n) is 5.10. The molecular formula is C15H21NO. The Kier molecular flexibility index (Phi) is 2.51. The third kappa shape index (κ3) is 1.56. The summed E-state index contributed by atoms with van der Waals surface area (Å²) < 4.78 is 0. The molecule has 1 saturated carbocycles. The molecule has 2 aliphatic carbocycles. The zero-order valence-electron chi connectivity index (χ0n) is 11.3. The van der Waals surface area contributed by atoms with E-state index in [4.69, 9.17) is 0 Å². The molecule has 2 rings (SSSR count). The largest absolute Gasteiger partial charge is 0.295 e. The molecule has 92 valence electrons. The molecule has 2 nitrogen and oxygen atoms in total. The molecule has 0 aromatic heterocycles. The predicted octanol–water partition coefficient (Wildman–Crippen LogP) is 3.63. The van der Waals surface area contributed by atoms with Crippen molar-refractivity contribution in [3.63, 3.8) is 0 Å². The summed E-state index contributed by atoms with van der Waals surface area (Å²) in [6.45, 7) is 8.54. The minimum atomic E-state index is -0.536. The van der Waals surface area contributed by atoms with Gasteiger partial charge in [-0.15, -0.1) is 0 Å². The van der Waals surface area contributed by atoms with Crippen LogP contribution in [0.4, 0.5) is 0 Å². The van der Waals surface area contributed by atoms with Crippen LogP contribution in [0.5, 0.6) is 0 Å². The summed E-state index contributed by atoms with van der Waals surface area (Å²) in [7, 11) is 0. The van der Waals surface area contributed by atoms with Crippen molar-refractivity contribution in [2.24, 2.45) is 16.2 Å². The lowest BCUT2D eigenvalue weighted by Gasteiger charge is -2.54. The Balaban J connectivity index is 2.62. The van der Waals surface area contributed by atoms with Crippen molar-refractivity contribution in [2.75, 3.05) is 0 Å². The molecule has 0 N–H and O–H groups in total. The second-order valence-electron chi connectivity index (χ2n) is 6.71. The van der Waals surface area contributed by atoms with Crippen LogP contribution < -0.4 is 0 Å². The number of carbonyl (C=O) groups is 1. The lowest BCUT2D eigenvalue weighted by molar-refractivity contribution is -0.119. The van der Waals surface area contributed by atoms with Crippen LogP contribution in [0.2, 0.25) is 0 Å². The van der Waals surface area contributed by atoms with Crippen LogP contribution in [-0.4, -0.2) is 5.78 Å². The average molecular weight is 231 g/mol. The Morgan fingerprint density at radius 2 is 1.88 bits per heavy atom. The van der Waals surface area contributed by atoms with Crippen molar-refractivity contribution >= 4 is 5.78 Å². The molecule has 0 heterocycles. The molecule has 2 atom stereocenters. The number of allylic oxidation sites excluding steroid dienone is 2. The van der Waals surface area contributed by atoms with Gasteiger partial charge in [0.15, 0.2) is 5.78 Å². The fourth-order valence-corrected chi connectivity index (χ4v) is 3.75. The zero-order chi connectivity index (χ0) is 12.9. The highest BCUT2D eigenvalue weighted by atomic mass is 16.1. The summed E-state index contributed by atoms with van der Waals surface area (Å²) >= 11 is 0. The maximum absolute atomic E-state index is 11.9. The van der Waals surface area contributed by atoms with Gasteiger partial charge in [0.25, 0.3) is 0 Å². The average Bonchev–Trinajstić information content (AvgIpc) is 2.22. The number of hydrogen-bond acceptors (Lipinski definition) is 2. The van der Waals surface area contributed by atoms with E-state index < -0.39 is 5.41 Å². The van der Waals surface area contributed by atoms with Gasteiger partial charge in [-0.05, 0) is 31.3 Å². The van der Waals surface area contributed by atoms with Gasteiger partial charge >= 0.3 is 0 Å². The Morgan fingerprint density at radius 3 is 2.47 bits per heavy atom. The van der Waals surface area contributed by atoms with Crippen molar-refractivity contribution < 1.29 is 4.79 Å². The van der Waals surface area contributed by atoms with E-state index in [1.54, 1.807) is 0 Å². The van der Waals surface area contributed by atoms with Crippen molar-refractivity contribution in [1.29, 1.82) is 5.26 Å². The van der Waals surface area contributed by atoms with E-state index in [0.29, 0.717) is 6.42 Å². The number of nitrogens with zero attached hydrogens (tertiary/aromatic N) is 1. The van der Waals surface area contributed by atoms with Crippen LogP contribution in [0.3, 0.4) is 0 Å². The molecule has 2 unspecified atom stereocenters. The van der Waals surface area contributed by atoms with Gasteiger partial charge in [-0.1, -0.05) is 32.8 Å².